The summed E-state index contributed by atoms with van der Waals surface area (Å²) in [7, 11) is 1.65. The summed E-state index contributed by atoms with van der Waals surface area (Å²) >= 11 is 3.41. The standard InChI is InChI=1S/C24H27N3O2S2/c1-14-3-10-18-19(11-14)31-24-21(18)23(26-22(27-24)16-6-7-16)30-13-20(28)25-12-15-4-8-17(29-2)9-5-15/h4-5,8-9,14,16H,3,6-7,10-13H2,1-2H3,(H,25,28)/t14-/m0/s1. The molecule has 1 saturated carbocycles. The molecule has 0 spiro atoms. The van der Waals surface area contributed by atoms with E-state index in [1.807, 2.05) is 35.6 Å². The molecule has 31 heavy (non-hydrogen) atoms. The zero-order valence-electron chi connectivity index (χ0n) is 17.9. The number of carbonyl (C=O) groups is 1. The molecular formula is C24H27N3O2S2. The molecule has 5 rings (SSSR count). The van der Waals surface area contributed by atoms with E-state index in [0.717, 1.165) is 45.8 Å². The number of aromatic nitrogens is 2. The van der Waals surface area contributed by atoms with Gasteiger partial charge in [0, 0.05) is 22.7 Å². The van der Waals surface area contributed by atoms with Gasteiger partial charge < -0.3 is 10.1 Å². The van der Waals surface area contributed by atoms with Crippen LogP contribution in [-0.4, -0.2) is 28.7 Å². The molecule has 1 amide bonds. The largest absolute Gasteiger partial charge is 0.497 e. The fourth-order valence-corrected chi connectivity index (χ4v) is 6.43. The molecule has 1 N–H and O–H groups in total. The third-order valence-electron chi connectivity index (χ3n) is 6.07. The number of amides is 1. The highest BCUT2D eigenvalue weighted by atomic mass is 32.2. The molecule has 2 heterocycles. The number of hydrogen-bond acceptors (Lipinski definition) is 6. The van der Waals surface area contributed by atoms with Gasteiger partial charge in [-0.25, -0.2) is 9.97 Å². The molecule has 2 aliphatic rings. The third kappa shape index (κ3) is 4.58. The topological polar surface area (TPSA) is 64.1 Å². The quantitative estimate of drug-likeness (QED) is 0.398. The minimum absolute atomic E-state index is 0.0262. The number of nitrogens with one attached hydrogen (secondary N) is 1. The van der Waals surface area contributed by atoms with Crippen molar-refractivity contribution in [3.8, 4) is 5.75 Å². The van der Waals surface area contributed by atoms with Crippen molar-refractivity contribution in [1.82, 2.24) is 15.3 Å². The van der Waals surface area contributed by atoms with E-state index in [1.54, 1.807) is 18.9 Å². The lowest BCUT2D eigenvalue weighted by atomic mass is 9.89. The SMILES string of the molecule is COc1ccc(CNC(=O)CSc2nc(C3CC3)nc3sc4c(c23)CC[C@H](C)C4)cc1. The Morgan fingerprint density at radius 2 is 2.03 bits per heavy atom. The van der Waals surface area contributed by atoms with Crippen molar-refractivity contribution in [1.29, 1.82) is 0 Å². The fourth-order valence-electron chi connectivity index (χ4n) is 4.08. The number of methoxy groups -OCH3 is 1. The van der Waals surface area contributed by atoms with E-state index in [0.29, 0.717) is 18.2 Å². The zero-order chi connectivity index (χ0) is 21.4. The Bertz CT molecular complexity index is 1110. The normalized spacial score (nSPS) is 18.1. The number of rotatable bonds is 7. The molecule has 0 saturated heterocycles. The predicted octanol–water partition coefficient (Wildman–Crippen LogP) is 5.11. The summed E-state index contributed by atoms with van der Waals surface area (Å²) in [5, 5.41) is 5.24. The van der Waals surface area contributed by atoms with E-state index < -0.39 is 0 Å². The van der Waals surface area contributed by atoms with Gasteiger partial charge in [-0.2, -0.15) is 0 Å². The van der Waals surface area contributed by atoms with Crippen molar-refractivity contribution in [2.45, 2.75) is 56.5 Å². The van der Waals surface area contributed by atoms with Crippen LogP contribution < -0.4 is 10.1 Å². The molecule has 1 atom stereocenters. The first-order valence-corrected chi connectivity index (χ1v) is 12.8. The van der Waals surface area contributed by atoms with E-state index in [9.17, 15) is 4.79 Å². The minimum Gasteiger partial charge on any atom is -0.497 e. The molecule has 2 aromatic heterocycles. The number of nitrogens with zero attached hydrogens (tertiary/aromatic N) is 2. The van der Waals surface area contributed by atoms with Gasteiger partial charge in [-0.15, -0.1) is 11.3 Å². The molecule has 0 radical (unpaired) electrons. The molecule has 0 bridgehead atoms. The zero-order valence-corrected chi connectivity index (χ0v) is 19.6. The number of thioether (sulfide) groups is 1. The monoisotopic (exact) mass is 453 g/mol. The van der Waals surface area contributed by atoms with Gasteiger partial charge in [-0.3, -0.25) is 4.79 Å². The van der Waals surface area contributed by atoms with Gasteiger partial charge in [0.15, 0.2) is 0 Å². The second kappa shape index (κ2) is 8.79. The van der Waals surface area contributed by atoms with Crippen molar-refractivity contribution in [2.75, 3.05) is 12.9 Å². The van der Waals surface area contributed by atoms with Gasteiger partial charge in [0.05, 0.1) is 12.9 Å². The van der Waals surface area contributed by atoms with Crippen molar-refractivity contribution >= 4 is 39.2 Å². The van der Waals surface area contributed by atoms with Gasteiger partial charge in [0.1, 0.15) is 21.4 Å². The fraction of sp³-hybridized carbons (Fsp3) is 0.458. The first kappa shape index (κ1) is 20.8. The lowest BCUT2D eigenvalue weighted by molar-refractivity contribution is -0.118. The molecule has 5 nitrogen and oxygen atoms in total. The van der Waals surface area contributed by atoms with Crippen LogP contribution in [0.1, 0.15) is 53.9 Å². The summed E-state index contributed by atoms with van der Waals surface area (Å²) in [6, 6.07) is 7.77. The Balaban J connectivity index is 1.31. The molecule has 0 aliphatic heterocycles. The number of fused-ring (bicyclic) bond motifs is 3. The third-order valence-corrected chi connectivity index (χ3v) is 8.19. The Kier molecular flexibility index (Phi) is 5.89. The van der Waals surface area contributed by atoms with Crippen LogP contribution in [0.4, 0.5) is 0 Å². The molecular weight excluding hydrogens is 426 g/mol. The number of ether oxygens (including phenoxy) is 1. The maximum atomic E-state index is 12.6. The van der Waals surface area contributed by atoms with Gasteiger partial charge in [-0.1, -0.05) is 30.8 Å². The number of carbonyl (C=O) groups excluding carboxylic acids is 1. The van der Waals surface area contributed by atoms with E-state index in [-0.39, 0.29) is 5.91 Å². The Morgan fingerprint density at radius 1 is 1.23 bits per heavy atom. The van der Waals surface area contributed by atoms with Crippen molar-refractivity contribution in [3.63, 3.8) is 0 Å². The molecule has 1 fully saturated rings. The molecule has 162 valence electrons. The van der Waals surface area contributed by atoms with Crippen LogP contribution in [0.3, 0.4) is 0 Å². The predicted molar refractivity (Wildman–Crippen MR) is 126 cm³/mol. The van der Waals surface area contributed by atoms with Crippen molar-refractivity contribution in [3.05, 3.63) is 46.1 Å². The van der Waals surface area contributed by atoms with E-state index >= 15 is 0 Å². The van der Waals surface area contributed by atoms with Crippen LogP contribution in [0.25, 0.3) is 10.2 Å². The summed E-state index contributed by atoms with van der Waals surface area (Å²) < 4.78 is 5.19. The number of hydrogen-bond donors (Lipinski definition) is 1. The van der Waals surface area contributed by atoms with Gasteiger partial charge in [0.25, 0.3) is 0 Å². The van der Waals surface area contributed by atoms with Crippen LogP contribution >= 0.6 is 23.1 Å². The smallest absolute Gasteiger partial charge is 0.230 e. The summed E-state index contributed by atoms with van der Waals surface area (Å²) in [4.78, 5) is 25.0. The van der Waals surface area contributed by atoms with Crippen LogP contribution in [0.2, 0.25) is 0 Å². The maximum absolute atomic E-state index is 12.6. The van der Waals surface area contributed by atoms with Gasteiger partial charge in [0.2, 0.25) is 5.91 Å². The van der Waals surface area contributed by atoms with Gasteiger partial charge >= 0.3 is 0 Å². The second-order valence-electron chi connectivity index (χ2n) is 8.61. The highest BCUT2D eigenvalue weighted by Gasteiger charge is 2.30. The molecule has 7 heteroatoms. The molecule has 1 aromatic carbocycles. The highest BCUT2D eigenvalue weighted by molar-refractivity contribution is 8.00. The van der Waals surface area contributed by atoms with Crippen LogP contribution in [0, 0.1) is 5.92 Å². The molecule has 3 aromatic rings. The summed E-state index contributed by atoms with van der Waals surface area (Å²) in [5.74, 6) is 3.42. The van der Waals surface area contributed by atoms with Crippen LogP contribution in [0.5, 0.6) is 5.75 Å². The van der Waals surface area contributed by atoms with Gasteiger partial charge in [-0.05, 0) is 61.3 Å². The van der Waals surface area contributed by atoms with Crippen LogP contribution in [0.15, 0.2) is 29.3 Å². The first-order valence-electron chi connectivity index (χ1n) is 11.0. The molecule has 2 aliphatic carbocycles. The van der Waals surface area contributed by atoms with E-state index in [1.165, 1.54) is 35.1 Å². The maximum Gasteiger partial charge on any atom is 0.230 e. The average molecular weight is 454 g/mol. The van der Waals surface area contributed by atoms with Crippen LogP contribution in [-0.2, 0) is 24.2 Å². The Morgan fingerprint density at radius 3 is 2.77 bits per heavy atom. The molecule has 0 unspecified atom stereocenters. The summed E-state index contributed by atoms with van der Waals surface area (Å²) in [6.07, 6.45) is 5.82. The van der Waals surface area contributed by atoms with Crippen molar-refractivity contribution < 1.29 is 9.53 Å². The van der Waals surface area contributed by atoms with E-state index in [2.05, 4.69) is 12.2 Å². The Hall–Kier alpha value is -2.12. The lowest BCUT2D eigenvalue weighted by Crippen LogP contribution is -2.24. The second-order valence-corrected chi connectivity index (χ2v) is 10.7. The highest BCUT2D eigenvalue weighted by Crippen LogP contribution is 2.44. The summed E-state index contributed by atoms with van der Waals surface area (Å²) in [6.45, 7) is 2.85. The minimum atomic E-state index is 0.0262. The Labute approximate surface area is 191 Å². The number of thiophene rings is 1. The lowest BCUT2D eigenvalue weighted by Gasteiger charge is -2.18. The first-order chi connectivity index (χ1) is 15.1. The summed E-state index contributed by atoms with van der Waals surface area (Å²) in [5.41, 5.74) is 2.49. The van der Waals surface area contributed by atoms with E-state index in [4.69, 9.17) is 14.7 Å². The number of benzene rings is 1. The van der Waals surface area contributed by atoms with Crippen molar-refractivity contribution in [2.24, 2.45) is 5.92 Å². The number of aryl methyl sites for hydroxylation is 1. The average Bonchev–Trinajstić information content (AvgIpc) is 3.57.